The van der Waals surface area contributed by atoms with Gasteiger partial charge >= 0.3 is 6.18 Å². The van der Waals surface area contributed by atoms with E-state index in [1.165, 1.54) is 18.2 Å². The Morgan fingerprint density at radius 1 is 1.25 bits per heavy atom. The van der Waals surface area contributed by atoms with Gasteiger partial charge in [-0.1, -0.05) is 18.9 Å². The quantitative estimate of drug-likeness (QED) is 0.862. The molecule has 0 saturated carbocycles. The standard InChI is InChI=1S/C13H15F3N2O2/c14-13(15,16)10-6-2-1-3-8-18(10)12(20)9-5-4-7-11(19)17-9/h4-5,7,10H,1-3,6,8H2,(H,17,19). The van der Waals surface area contributed by atoms with Crippen LogP contribution in [0.5, 0.6) is 0 Å². The molecular formula is C13H15F3N2O2. The number of likely N-dealkylation sites (tertiary alicyclic amines) is 1. The molecule has 1 aliphatic heterocycles. The minimum absolute atomic E-state index is 0.0555. The average molecular weight is 288 g/mol. The van der Waals surface area contributed by atoms with Crippen LogP contribution >= 0.6 is 0 Å². The summed E-state index contributed by atoms with van der Waals surface area (Å²) in [5.41, 5.74) is -0.608. The topological polar surface area (TPSA) is 53.2 Å². The summed E-state index contributed by atoms with van der Waals surface area (Å²) in [6, 6.07) is 2.11. The van der Waals surface area contributed by atoms with E-state index >= 15 is 0 Å². The Balaban J connectivity index is 2.31. The zero-order valence-electron chi connectivity index (χ0n) is 10.7. The molecule has 20 heavy (non-hydrogen) atoms. The predicted molar refractivity (Wildman–Crippen MR) is 66.4 cm³/mol. The molecule has 1 atom stereocenters. The Morgan fingerprint density at radius 3 is 2.65 bits per heavy atom. The van der Waals surface area contributed by atoms with Crippen LogP contribution in [0.15, 0.2) is 23.0 Å². The number of aromatic amines is 1. The van der Waals surface area contributed by atoms with Crippen molar-refractivity contribution in [3.63, 3.8) is 0 Å². The summed E-state index contributed by atoms with van der Waals surface area (Å²) in [4.78, 5) is 26.5. The van der Waals surface area contributed by atoms with Gasteiger partial charge in [-0.2, -0.15) is 13.2 Å². The maximum atomic E-state index is 13.1. The Kier molecular flexibility index (Phi) is 4.15. The highest BCUT2D eigenvalue weighted by Gasteiger charge is 2.45. The summed E-state index contributed by atoms with van der Waals surface area (Å²) in [5.74, 6) is -0.771. The van der Waals surface area contributed by atoms with Gasteiger partial charge in [-0.15, -0.1) is 0 Å². The summed E-state index contributed by atoms with van der Waals surface area (Å²) < 4.78 is 39.2. The number of nitrogens with zero attached hydrogens (tertiary/aromatic N) is 1. The molecule has 2 heterocycles. The van der Waals surface area contributed by atoms with Gasteiger partial charge in [-0.05, 0) is 18.9 Å². The fraction of sp³-hybridized carbons (Fsp3) is 0.538. The van der Waals surface area contributed by atoms with Crippen LogP contribution in [0.25, 0.3) is 0 Å². The Hall–Kier alpha value is -1.79. The molecule has 1 aromatic rings. The molecule has 0 radical (unpaired) electrons. The summed E-state index contributed by atoms with van der Waals surface area (Å²) in [6.45, 7) is 0.0555. The fourth-order valence-electron chi connectivity index (χ4n) is 2.42. The molecule has 7 heteroatoms. The maximum Gasteiger partial charge on any atom is 0.408 e. The second kappa shape index (κ2) is 5.68. The van der Waals surface area contributed by atoms with E-state index in [-0.39, 0.29) is 18.7 Å². The lowest BCUT2D eigenvalue weighted by Crippen LogP contribution is -2.48. The number of amides is 1. The van der Waals surface area contributed by atoms with Crippen LogP contribution in [0, 0.1) is 0 Å². The van der Waals surface area contributed by atoms with E-state index in [1.54, 1.807) is 0 Å². The fourth-order valence-corrected chi connectivity index (χ4v) is 2.42. The van der Waals surface area contributed by atoms with E-state index < -0.39 is 23.7 Å². The van der Waals surface area contributed by atoms with Crippen LogP contribution in [0.1, 0.15) is 36.2 Å². The van der Waals surface area contributed by atoms with Crippen LogP contribution in [0.4, 0.5) is 13.2 Å². The van der Waals surface area contributed by atoms with Crippen LogP contribution in [-0.4, -0.2) is 34.6 Å². The van der Waals surface area contributed by atoms with Gasteiger partial charge < -0.3 is 9.88 Å². The second-order valence-corrected chi connectivity index (χ2v) is 4.83. The number of hydrogen-bond acceptors (Lipinski definition) is 2. The molecule has 4 nitrogen and oxygen atoms in total. The molecule has 0 spiro atoms. The van der Waals surface area contributed by atoms with Gasteiger partial charge in [0.25, 0.3) is 5.91 Å². The highest BCUT2D eigenvalue weighted by atomic mass is 19.4. The predicted octanol–water partition coefficient (Wildman–Crippen LogP) is 2.32. The lowest BCUT2D eigenvalue weighted by molar-refractivity contribution is -0.177. The van der Waals surface area contributed by atoms with Gasteiger partial charge in [0.1, 0.15) is 11.7 Å². The molecule has 1 aliphatic rings. The molecule has 110 valence electrons. The lowest BCUT2D eigenvalue weighted by Gasteiger charge is -2.31. The largest absolute Gasteiger partial charge is 0.408 e. The first-order valence-electron chi connectivity index (χ1n) is 6.46. The van der Waals surface area contributed by atoms with E-state index in [1.807, 2.05) is 0 Å². The first kappa shape index (κ1) is 14.6. The van der Waals surface area contributed by atoms with E-state index in [0.29, 0.717) is 19.3 Å². The average Bonchev–Trinajstić information content (AvgIpc) is 2.63. The minimum Gasteiger partial charge on any atom is -0.325 e. The van der Waals surface area contributed by atoms with Crippen molar-refractivity contribution < 1.29 is 18.0 Å². The van der Waals surface area contributed by atoms with Crippen molar-refractivity contribution in [1.82, 2.24) is 9.88 Å². The molecule has 0 bridgehead atoms. The summed E-state index contributed by atoms with van der Waals surface area (Å²) in [7, 11) is 0. The lowest BCUT2D eigenvalue weighted by atomic mass is 10.1. The van der Waals surface area contributed by atoms with E-state index in [4.69, 9.17) is 0 Å². The molecular weight excluding hydrogens is 273 g/mol. The highest BCUT2D eigenvalue weighted by Crippen LogP contribution is 2.31. The van der Waals surface area contributed by atoms with E-state index in [0.717, 1.165) is 4.90 Å². The monoisotopic (exact) mass is 288 g/mol. The molecule has 0 aliphatic carbocycles. The summed E-state index contributed by atoms with van der Waals surface area (Å²) in [5, 5.41) is 0. The third-order valence-corrected chi connectivity index (χ3v) is 3.39. The van der Waals surface area contributed by atoms with Crippen molar-refractivity contribution >= 4 is 5.91 Å². The zero-order valence-corrected chi connectivity index (χ0v) is 10.7. The number of rotatable bonds is 1. The van der Waals surface area contributed by atoms with E-state index in [9.17, 15) is 22.8 Å². The van der Waals surface area contributed by atoms with Crippen molar-refractivity contribution in [2.75, 3.05) is 6.54 Å². The number of aromatic nitrogens is 1. The van der Waals surface area contributed by atoms with E-state index in [2.05, 4.69) is 4.98 Å². The Bertz CT molecular complexity index is 539. The van der Waals surface area contributed by atoms with Gasteiger partial charge in [-0.3, -0.25) is 9.59 Å². The molecule has 1 aromatic heterocycles. The van der Waals surface area contributed by atoms with Gasteiger partial charge in [0, 0.05) is 12.6 Å². The van der Waals surface area contributed by atoms with Crippen molar-refractivity contribution in [2.45, 2.75) is 37.9 Å². The van der Waals surface area contributed by atoms with Gasteiger partial charge in [-0.25, -0.2) is 0 Å². The van der Waals surface area contributed by atoms with Gasteiger partial charge in [0.15, 0.2) is 0 Å². The van der Waals surface area contributed by atoms with Gasteiger partial charge in [0.05, 0.1) is 0 Å². The van der Waals surface area contributed by atoms with Crippen LogP contribution in [-0.2, 0) is 0 Å². The number of carbonyl (C=O) groups excluding carboxylic acids is 1. The van der Waals surface area contributed by atoms with Crippen LogP contribution < -0.4 is 5.56 Å². The highest BCUT2D eigenvalue weighted by molar-refractivity contribution is 5.92. The minimum atomic E-state index is -4.45. The molecule has 1 N–H and O–H groups in total. The summed E-state index contributed by atoms with van der Waals surface area (Å²) >= 11 is 0. The number of pyridine rings is 1. The molecule has 1 amide bonds. The smallest absolute Gasteiger partial charge is 0.325 e. The Labute approximate surface area is 113 Å². The van der Waals surface area contributed by atoms with Crippen LogP contribution in [0.3, 0.4) is 0 Å². The molecule has 0 aromatic carbocycles. The molecule has 1 fully saturated rings. The third kappa shape index (κ3) is 3.20. The maximum absolute atomic E-state index is 13.1. The van der Waals surface area contributed by atoms with Gasteiger partial charge in [0.2, 0.25) is 5.56 Å². The molecule has 2 rings (SSSR count). The second-order valence-electron chi connectivity index (χ2n) is 4.83. The normalized spacial score (nSPS) is 20.6. The number of H-pyrrole nitrogens is 1. The van der Waals surface area contributed by atoms with Crippen molar-refractivity contribution in [2.24, 2.45) is 0 Å². The SMILES string of the molecule is O=C(c1cccc(=O)[nH]1)N1CCCCCC1C(F)(F)F. The van der Waals surface area contributed by atoms with Crippen LogP contribution in [0.2, 0.25) is 0 Å². The third-order valence-electron chi connectivity index (χ3n) is 3.39. The molecule has 1 unspecified atom stereocenters. The number of halogens is 3. The number of carbonyl (C=O) groups is 1. The number of alkyl halides is 3. The zero-order chi connectivity index (χ0) is 14.8. The van der Waals surface area contributed by atoms with Crippen molar-refractivity contribution in [1.29, 1.82) is 0 Å². The Morgan fingerprint density at radius 2 is 2.00 bits per heavy atom. The number of hydrogen-bond donors (Lipinski definition) is 1. The first-order chi connectivity index (χ1) is 9.39. The number of nitrogens with one attached hydrogen (secondary N) is 1. The summed E-state index contributed by atoms with van der Waals surface area (Å²) in [6.07, 6.45) is -2.89. The first-order valence-corrected chi connectivity index (χ1v) is 6.46. The van der Waals surface area contributed by atoms with Crippen molar-refractivity contribution in [3.05, 3.63) is 34.2 Å². The van der Waals surface area contributed by atoms with Crippen molar-refractivity contribution in [3.8, 4) is 0 Å². The molecule has 1 saturated heterocycles.